The van der Waals surface area contributed by atoms with Gasteiger partial charge >= 0.3 is 0 Å². The molecule has 0 saturated heterocycles. The number of anilines is 1. The largest absolute Gasteiger partial charge is 0.352 e. The summed E-state index contributed by atoms with van der Waals surface area (Å²) in [6.45, 7) is 7.88. The molecule has 0 aliphatic carbocycles. The quantitative estimate of drug-likeness (QED) is 0.884. The molecule has 0 bridgehead atoms. The Hall–Kier alpha value is -2.63. The summed E-state index contributed by atoms with van der Waals surface area (Å²) in [4.78, 5) is 23.5. The second-order valence-electron chi connectivity index (χ2n) is 5.99. The molecular weight excluding hydrogens is 304 g/mol. The maximum Gasteiger partial charge on any atom is 0.251 e. The number of nitrogens with zero attached hydrogens (tertiary/aromatic N) is 2. The van der Waals surface area contributed by atoms with Gasteiger partial charge in [-0.25, -0.2) is 0 Å². The number of benzene rings is 1. The van der Waals surface area contributed by atoms with Crippen LogP contribution < -0.4 is 10.6 Å². The molecule has 0 fully saturated rings. The second kappa shape index (κ2) is 7.29. The zero-order valence-electron chi connectivity index (χ0n) is 14.9. The van der Waals surface area contributed by atoms with Crippen LogP contribution in [-0.2, 0) is 18.3 Å². The molecule has 0 atom stereocenters. The van der Waals surface area contributed by atoms with Gasteiger partial charge in [-0.15, -0.1) is 0 Å². The van der Waals surface area contributed by atoms with Gasteiger partial charge in [-0.2, -0.15) is 5.10 Å². The van der Waals surface area contributed by atoms with Crippen LogP contribution in [0.1, 0.15) is 39.8 Å². The number of carbonyl (C=O) groups is 2. The van der Waals surface area contributed by atoms with Gasteiger partial charge in [0.05, 0.1) is 5.69 Å². The Kier molecular flexibility index (Phi) is 5.39. The fourth-order valence-corrected chi connectivity index (χ4v) is 2.67. The van der Waals surface area contributed by atoms with Crippen LogP contribution in [0.15, 0.2) is 18.2 Å². The molecule has 128 valence electrons. The van der Waals surface area contributed by atoms with Crippen molar-refractivity contribution in [3.05, 3.63) is 46.3 Å². The minimum absolute atomic E-state index is 0.152. The molecule has 0 unspecified atom stereocenters. The third-order valence-corrected chi connectivity index (χ3v) is 4.13. The lowest BCUT2D eigenvalue weighted by molar-refractivity contribution is -0.114. The molecule has 0 radical (unpaired) electrons. The van der Waals surface area contributed by atoms with Crippen LogP contribution in [0.25, 0.3) is 0 Å². The average Bonchev–Trinajstić information content (AvgIpc) is 2.75. The number of hydrogen-bond acceptors (Lipinski definition) is 3. The number of rotatable bonds is 5. The number of carbonyl (C=O) groups excluding carboxylic acids is 2. The summed E-state index contributed by atoms with van der Waals surface area (Å²) < 4.78 is 1.85. The zero-order chi connectivity index (χ0) is 17.9. The minimum atomic E-state index is -0.154. The molecule has 2 N–H and O–H groups in total. The Morgan fingerprint density at radius 3 is 2.50 bits per heavy atom. The highest BCUT2D eigenvalue weighted by Gasteiger charge is 2.11. The van der Waals surface area contributed by atoms with Gasteiger partial charge in [0.15, 0.2) is 0 Å². The van der Waals surface area contributed by atoms with Crippen molar-refractivity contribution in [3.63, 3.8) is 0 Å². The molecule has 0 aliphatic heterocycles. The van der Waals surface area contributed by atoms with Crippen molar-refractivity contribution in [1.82, 2.24) is 15.1 Å². The first kappa shape index (κ1) is 17.7. The van der Waals surface area contributed by atoms with E-state index in [1.165, 1.54) is 12.5 Å². The molecule has 6 heteroatoms. The lowest BCUT2D eigenvalue weighted by atomic mass is 10.1. The van der Waals surface area contributed by atoms with E-state index in [0.717, 1.165) is 23.4 Å². The first-order valence-electron chi connectivity index (χ1n) is 7.95. The molecule has 24 heavy (non-hydrogen) atoms. The topological polar surface area (TPSA) is 76.0 Å². The molecule has 1 heterocycles. The highest BCUT2D eigenvalue weighted by Crippen LogP contribution is 2.17. The lowest BCUT2D eigenvalue weighted by Gasteiger charge is -2.10. The van der Waals surface area contributed by atoms with Gasteiger partial charge in [0.2, 0.25) is 5.91 Å². The van der Waals surface area contributed by atoms with Gasteiger partial charge in [-0.3, -0.25) is 14.3 Å². The molecule has 2 amide bonds. The molecule has 0 aliphatic rings. The Morgan fingerprint density at radius 2 is 1.92 bits per heavy atom. The Balaban J connectivity index is 2.01. The third-order valence-electron chi connectivity index (χ3n) is 4.13. The van der Waals surface area contributed by atoms with Crippen LogP contribution in [0, 0.1) is 20.8 Å². The summed E-state index contributed by atoms with van der Waals surface area (Å²) in [5.74, 6) is -0.306. The predicted octanol–water partition coefficient (Wildman–Crippen LogP) is 2.28. The Labute approximate surface area is 142 Å². The SMILES string of the molecule is CC(=O)Nc1cc(C(=O)NCCc2c(C)nn(C)c2C)ccc1C. The summed E-state index contributed by atoms with van der Waals surface area (Å²) in [6, 6.07) is 5.29. The van der Waals surface area contributed by atoms with E-state index in [1.54, 1.807) is 12.1 Å². The van der Waals surface area contributed by atoms with Gasteiger partial charge in [-0.05, 0) is 50.5 Å². The second-order valence-corrected chi connectivity index (χ2v) is 5.99. The summed E-state index contributed by atoms with van der Waals surface area (Å²) in [5, 5.41) is 10.0. The number of aryl methyl sites for hydroxylation is 3. The molecular formula is C18H24N4O2. The van der Waals surface area contributed by atoms with Crippen molar-refractivity contribution in [1.29, 1.82) is 0 Å². The molecule has 2 aromatic rings. The molecule has 0 saturated carbocycles. The van der Waals surface area contributed by atoms with E-state index in [9.17, 15) is 9.59 Å². The van der Waals surface area contributed by atoms with E-state index in [-0.39, 0.29) is 11.8 Å². The first-order valence-corrected chi connectivity index (χ1v) is 7.95. The standard InChI is InChI=1S/C18H24N4O2/c1-11-6-7-15(10-17(11)20-14(4)23)18(24)19-9-8-16-12(2)21-22(5)13(16)3/h6-7,10H,8-9H2,1-5H3,(H,19,24)(H,20,23). The van der Waals surface area contributed by atoms with E-state index in [0.29, 0.717) is 17.8 Å². The van der Waals surface area contributed by atoms with Gasteiger partial charge in [-0.1, -0.05) is 6.07 Å². The van der Waals surface area contributed by atoms with E-state index >= 15 is 0 Å². The number of aromatic nitrogens is 2. The maximum atomic E-state index is 12.3. The molecule has 6 nitrogen and oxygen atoms in total. The Morgan fingerprint density at radius 1 is 1.21 bits per heavy atom. The van der Waals surface area contributed by atoms with E-state index in [4.69, 9.17) is 0 Å². The zero-order valence-corrected chi connectivity index (χ0v) is 14.9. The number of amides is 2. The van der Waals surface area contributed by atoms with E-state index in [2.05, 4.69) is 15.7 Å². The van der Waals surface area contributed by atoms with Crippen LogP contribution >= 0.6 is 0 Å². The third kappa shape index (κ3) is 4.01. The van der Waals surface area contributed by atoms with Crippen LogP contribution in [0.4, 0.5) is 5.69 Å². The van der Waals surface area contributed by atoms with Crippen molar-refractivity contribution in [2.75, 3.05) is 11.9 Å². The van der Waals surface area contributed by atoms with Crippen LogP contribution in [0.2, 0.25) is 0 Å². The maximum absolute atomic E-state index is 12.3. The number of hydrogen-bond donors (Lipinski definition) is 2. The van der Waals surface area contributed by atoms with Gasteiger partial charge in [0.25, 0.3) is 5.91 Å². The van der Waals surface area contributed by atoms with Crippen LogP contribution in [0.5, 0.6) is 0 Å². The fraction of sp³-hybridized carbons (Fsp3) is 0.389. The summed E-state index contributed by atoms with van der Waals surface area (Å²) in [7, 11) is 1.92. The lowest BCUT2D eigenvalue weighted by Crippen LogP contribution is -2.26. The summed E-state index contributed by atoms with van der Waals surface area (Å²) in [5.41, 5.74) is 5.39. The molecule has 0 spiro atoms. The van der Waals surface area contributed by atoms with E-state index in [1.807, 2.05) is 38.6 Å². The van der Waals surface area contributed by atoms with Crippen molar-refractivity contribution in [3.8, 4) is 0 Å². The predicted molar refractivity (Wildman–Crippen MR) is 94.2 cm³/mol. The molecule has 2 rings (SSSR count). The molecule has 1 aromatic heterocycles. The smallest absolute Gasteiger partial charge is 0.251 e. The van der Waals surface area contributed by atoms with Gasteiger partial charge in [0.1, 0.15) is 0 Å². The minimum Gasteiger partial charge on any atom is -0.352 e. The van der Waals surface area contributed by atoms with E-state index < -0.39 is 0 Å². The highest BCUT2D eigenvalue weighted by atomic mass is 16.2. The number of nitrogens with one attached hydrogen (secondary N) is 2. The summed E-state index contributed by atoms with van der Waals surface area (Å²) in [6.07, 6.45) is 0.738. The normalized spacial score (nSPS) is 10.5. The average molecular weight is 328 g/mol. The van der Waals surface area contributed by atoms with Crippen molar-refractivity contribution < 1.29 is 9.59 Å². The molecule has 1 aromatic carbocycles. The van der Waals surface area contributed by atoms with Crippen molar-refractivity contribution >= 4 is 17.5 Å². The van der Waals surface area contributed by atoms with Crippen molar-refractivity contribution in [2.45, 2.75) is 34.1 Å². The summed E-state index contributed by atoms with van der Waals surface area (Å²) >= 11 is 0. The van der Waals surface area contributed by atoms with Gasteiger partial charge < -0.3 is 10.6 Å². The highest BCUT2D eigenvalue weighted by molar-refractivity contribution is 5.97. The monoisotopic (exact) mass is 328 g/mol. The Bertz CT molecular complexity index is 778. The van der Waals surface area contributed by atoms with Crippen LogP contribution in [0.3, 0.4) is 0 Å². The first-order chi connectivity index (χ1) is 11.3. The van der Waals surface area contributed by atoms with Gasteiger partial charge in [0, 0.05) is 37.5 Å². The van der Waals surface area contributed by atoms with Crippen LogP contribution in [-0.4, -0.2) is 28.1 Å². The fourth-order valence-electron chi connectivity index (χ4n) is 2.67. The van der Waals surface area contributed by atoms with Crippen molar-refractivity contribution in [2.24, 2.45) is 7.05 Å².